The van der Waals surface area contributed by atoms with Crippen molar-refractivity contribution in [2.45, 2.75) is 18.4 Å². The number of ether oxygens (including phenoxy) is 2. The minimum atomic E-state index is -1.08. The molecule has 244 valence electrons. The van der Waals surface area contributed by atoms with Crippen molar-refractivity contribution in [3.8, 4) is 11.4 Å². The largest absolute Gasteiger partial charge is 0.378 e. The van der Waals surface area contributed by atoms with Crippen LogP contribution in [0.15, 0.2) is 60.9 Å². The van der Waals surface area contributed by atoms with Crippen LogP contribution >= 0.6 is 0 Å². The molecule has 0 spiro atoms. The number of hydrogen-bond acceptors (Lipinski definition) is 9. The second-order valence-electron chi connectivity index (χ2n) is 12.1. The maximum atomic E-state index is 15.1. The van der Waals surface area contributed by atoms with Gasteiger partial charge in [0.15, 0.2) is 17.2 Å². The molecule has 4 aromatic rings. The highest BCUT2D eigenvalue weighted by molar-refractivity contribution is 6.01. The van der Waals surface area contributed by atoms with Crippen LogP contribution in [-0.4, -0.2) is 114 Å². The summed E-state index contributed by atoms with van der Waals surface area (Å²) in [6.07, 6.45) is 6.17. The molecule has 2 fully saturated rings. The van der Waals surface area contributed by atoms with Gasteiger partial charge in [0, 0.05) is 81.0 Å². The molecule has 0 aliphatic carbocycles. The highest BCUT2D eigenvalue weighted by Crippen LogP contribution is 2.31. The maximum Gasteiger partial charge on any atom is 0.258 e. The highest BCUT2D eigenvalue weighted by atomic mass is 19.1. The van der Waals surface area contributed by atoms with Crippen LogP contribution in [0.25, 0.3) is 27.9 Å². The van der Waals surface area contributed by atoms with Crippen molar-refractivity contribution in [3.63, 3.8) is 0 Å². The summed E-state index contributed by atoms with van der Waals surface area (Å²) >= 11 is 0. The lowest BCUT2D eigenvalue weighted by atomic mass is 9.97. The summed E-state index contributed by atoms with van der Waals surface area (Å²) in [6, 6.07) is 12.4. The van der Waals surface area contributed by atoms with Crippen LogP contribution in [0.1, 0.15) is 18.4 Å². The molecular weight excluding hydrogens is 603 g/mol. The Bertz CT molecular complexity index is 1810. The van der Waals surface area contributed by atoms with Crippen LogP contribution in [0.5, 0.6) is 0 Å². The van der Waals surface area contributed by atoms with E-state index >= 15 is 4.39 Å². The predicted octanol–water partition coefficient (Wildman–Crippen LogP) is 3.34. The van der Waals surface area contributed by atoms with Gasteiger partial charge in [-0.15, -0.1) is 0 Å². The molecule has 0 unspecified atom stereocenters. The van der Waals surface area contributed by atoms with Gasteiger partial charge in [-0.25, -0.2) is 14.4 Å². The fourth-order valence-corrected chi connectivity index (χ4v) is 6.57. The average Bonchev–Trinajstić information content (AvgIpc) is 3.74. The van der Waals surface area contributed by atoms with E-state index in [0.29, 0.717) is 74.9 Å². The Labute approximate surface area is 271 Å². The standard InChI is InChI=1S/C34H37FN8O4/c1-46-34(33(45)38-25-4-6-29-27(20-25)32(40-39-29)43-15-17-47-18-16-43)9-14-41(22-34)21-30(44)42-12-7-23(8-13-42)26-5-3-24(19-28(26)35)31-36-10-2-11-37-31/h2-7,10-11,19-20H,8-9,12-18,21-22H2,1H3,(H,38,45)(H,39,40)/t34-/m0/s1. The summed E-state index contributed by atoms with van der Waals surface area (Å²) in [5.74, 6) is 0.689. The molecular formula is C34H37FN8O4. The average molecular weight is 641 g/mol. The Morgan fingerprint density at radius 3 is 2.66 bits per heavy atom. The third-order valence-electron chi connectivity index (χ3n) is 9.29. The SMILES string of the molecule is CO[C@@]1(C(=O)Nc2ccc3[nH]nc(N4CCOCC4)c3c2)CCN(CC(=O)N2CC=C(c3ccc(-c4ncccn4)cc3F)CC2)C1. The van der Waals surface area contributed by atoms with Gasteiger partial charge in [-0.1, -0.05) is 18.2 Å². The Morgan fingerprint density at radius 2 is 1.91 bits per heavy atom. The first-order chi connectivity index (χ1) is 22.9. The first kappa shape index (κ1) is 30.9. The summed E-state index contributed by atoms with van der Waals surface area (Å²) in [4.78, 5) is 41.2. The van der Waals surface area contributed by atoms with Gasteiger partial charge in [0.05, 0.1) is 25.3 Å². The van der Waals surface area contributed by atoms with Crippen LogP contribution < -0.4 is 10.2 Å². The molecule has 0 radical (unpaired) electrons. The van der Waals surface area contributed by atoms with Crippen LogP contribution in [0.3, 0.4) is 0 Å². The van der Waals surface area contributed by atoms with Crippen molar-refractivity contribution in [2.75, 3.05) is 76.4 Å². The molecule has 5 heterocycles. The number of aromatic nitrogens is 4. The number of carbonyl (C=O) groups excluding carboxylic acids is 2. The number of morpholine rings is 1. The van der Waals surface area contributed by atoms with E-state index in [9.17, 15) is 9.59 Å². The smallest absolute Gasteiger partial charge is 0.258 e. The maximum absolute atomic E-state index is 15.1. The van der Waals surface area contributed by atoms with Gasteiger partial charge in [0.25, 0.3) is 5.91 Å². The quantitative estimate of drug-likeness (QED) is 0.298. The number of fused-ring (bicyclic) bond motifs is 1. The number of benzene rings is 2. The third kappa shape index (κ3) is 6.33. The van der Waals surface area contributed by atoms with Crippen LogP contribution in [0.2, 0.25) is 0 Å². The number of amides is 2. The summed E-state index contributed by atoms with van der Waals surface area (Å²) in [5.41, 5.74) is 2.47. The first-order valence-corrected chi connectivity index (χ1v) is 15.9. The molecule has 13 heteroatoms. The molecule has 3 aliphatic heterocycles. The Hall–Kier alpha value is -4.72. The van der Waals surface area contributed by atoms with Gasteiger partial charge in [0.1, 0.15) is 5.82 Å². The number of nitrogens with one attached hydrogen (secondary N) is 2. The molecule has 2 saturated heterocycles. The van der Waals surface area contributed by atoms with Gasteiger partial charge in [-0.05, 0) is 48.7 Å². The number of rotatable bonds is 8. The summed E-state index contributed by atoms with van der Waals surface area (Å²) in [6.45, 7) is 4.70. The number of nitrogens with zero attached hydrogens (tertiary/aromatic N) is 6. The van der Waals surface area contributed by atoms with E-state index in [-0.39, 0.29) is 24.2 Å². The molecule has 7 rings (SSSR count). The molecule has 12 nitrogen and oxygen atoms in total. The number of anilines is 2. The molecule has 0 saturated carbocycles. The lowest BCUT2D eigenvalue weighted by molar-refractivity contribution is -0.138. The van der Waals surface area contributed by atoms with Crippen LogP contribution in [0, 0.1) is 5.82 Å². The zero-order valence-corrected chi connectivity index (χ0v) is 26.2. The van der Waals surface area contributed by atoms with E-state index in [1.54, 1.807) is 29.4 Å². The number of likely N-dealkylation sites (tertiary alicyclic amines) is 1. The van der Waals surface area contributed by atoms with Crippen molar-refractivity contribution in [1.82, 2.24) is 30.0 Å². The van der Waals surface area contributed by atoms with Crippen molar-refractivity contribution < 1.29 is 23.5 Å². The lowest BCUT2D eigenvalue weighted by Gasteiger charge is -2.30. The molecule has 3 aliphatic rings. The Kier molecular flexibility index (Phi) is 8.67. The number of carbonyl (C=O) groups is 2. The summed E-state index contributed by atoms with van der Waals surface area (Å²) in [5, 5.41) is 11.5. The zero-order valence-electron chi connectivity index (χ0n) is 26.2. The molecule has 1 atom stereocenters. The van der Waals surface area contributed by atoms with Crippen molar-refractivity contribution in [3.05, 3.63) is 72.3 Å². The zero-order chi connectivity index (χ0) is 32.4. The number of hydrogen-bond donors (Lipinski definition) is 2. The Morgan fingerprint density at radius 1 is 1.09 bits per heavy atom. The molecule has 47 heavy (non-hydrogen) atoms. The topological polar surface area (TPSA) is 129 Å². The second-order valence-corrected chi connectivity index (χ2v) is 12.1. The molecule has 0 bridgehead atoms. The molecule has 2 aromatic heterocycles. The lowest BCUT2D eigenvalue weighted by Crippen LogP contribution is -2.48. The van der Waals surface area contributed by atoms with Gasteiger partial charge >= 0.3 is 0 Å². The number of halogens is 1. The van der Waals surface area contributed by atoms with E-state index in [1.165, 1.54) is 13.2 Å². The minimum absolute atomic E-state index is 0.0364. The summed E-state index contributed by atoms with van der Waals surface area (Å²) in [7, 11) is 1.54. The Balaban J connectivity index is 0.958. The number of aromatic amines is 1. The van der Waals surface area contributed by atoms with Crippen molar-refractivity contribution >= 4 is 39.8 Å². The van der Waals surface area contributed by atoms with Gasteiger partial charge in [-0.3, -0.25) is 19.6 Å². The van der Waals surface area contributed by atoms with Crippen LogP contribution in [-0.2, 0) is 19.1 Å². The second kappa shape index (κ2) is 13.2. The minimum Gasteiger partial charge on any atom is -0.378 e. The number of methoxy groups -OCH3 is 1. The summed E-state index contributed by atoms with van der Waals surface area (Å²) < 4.78 is 26.4. The van der Waals surface area contributed by atoms with E-state index in [4.69, 9.17) is 9.47 Å². The van der Waals surface area contributed by atoms with Gasteiger partial charge < -0.3 is 24.6 Å². The van der Waals surface area contributed by atoms with Crippen LogP contribution in [0.4, 0.5) is 15.9 Å². The molecule has 2 aromatic carbocycles. The normalized spacial score (nSPS) is 20.4. The first-order valence-electron chi connectivity index (χ1n) is 15.9. The van der Waals surface area contributed by atoms with E-state index < -0.39 is 5.60 Å². The van der Waals surface area contributed by atoms with E-state index in [2.05, 4.69) is 30.4 Å². The molecule has 2 amide bonds. The van der Waals surface area contributed by atoms with E-state index in [0.717, 1.165) is 35.4 Å². The van der Waals surface area contributed by atoms with E-state index in [1.807, 2.05) is 35.2 Å². The van der Waals surface area contributed by atoms with Crippen molar-refractivity contribution in [2.24, 2.45) is 0 Å². The highest BCUT2D eigenvalue weighted by Gasteiger charge is 2.45. The third-order valence-corrected chi connectivity index (χ3v) is 9.29. The molecule has 2 N–H and O–H groups in total. The van der Waals surface area contributed by atoms with Gasteiger partial charge in [0.2, 0.25) is 5.91 Å². The van der Waals surface area contributed by atoms with Crippen molar-refractivity contribution in [1.29, 1.82) is 0 Å². The predicted molar refractivity (Wildman–Crippen MR) is 175 cm³/mol. The number of H-pyrrole nitrogens is 1. The monoisotopic (exact) mass is 640 g/mol. The fourth-order valence-electron chi connectivity index (χ4n) is 6.57. The van der Waals surface area contributed by atoms with Gasteiger partial charge in [-0.2, -0.15) is 5.10 Å². The fraction of sp³-hybridized carbons (Fsp3) is 0.382.